The summed E-state index contributed by atoms with van der Waals surface area (Å²) in [6.07, 6.45) is 0. The molecule has 0 saturated heterocycles. The van der Waals surface area contributed by atoms with E-state index in [0.29, 0.717) is 16.9 Å². The van der Waals surface area contributed by atoms with Gasteiger partial charge in [0.1, 0.15) is 16.2 Å². The average molecular weight is 557 g/mol. The summed E-state index contributed by atoms with van der Waals surface area (Å²) in [7, 11) is -0.817. The number of nitrogens with zero attached hydrogens (tertiary/aromatic N) is 6. The molecule has 12 heteroatoms. The number of benzene rings is 2. The van der Waals surface area contributed by atoms with Crippen molar-refractivity contribution in [3.05, 3.63) is 64.9 Å². The molecule has 36 heavy (non-hydrogen) atoms. The third-order valence-corrected chi connectivity index (χ3v) is 6.43. The molecule has 4 aromatic rings. The van der Waals surface area contributed by atoms with Crippen molar-refractivity contribution in [2.75, 3.05) is 19.0 Å². The fourth-order valence-corrected chi connectivity index (χ4v) is 4.24. The maximum Gasteiger partial charge on any atom is 1.00 e. The third-order valence-electron chi connectivity index (χ3n) is 5.13. The van der Waals surface area contributed by atoms with Crippen LogP contribution in [0.5, 0.6) is 5.75 Å². The number of sulfonamides is 1. The van der Waals surface area contributed by atoms with E-state index >= 15 is 0 Å². The van der Waals surface area contributed by atoms with Gasteiger partial charge >= 0.3 is 23.1 Å². The Morgan fingerprint density at radius 3 is 2.39 bits per heavy atom. The molecule has 0 unspecified atom stereocenters. The molecule has 2 heterocycles. The number of aromatic nitrogens is 2. The van der Waals surface area contributed by atoms with Crippen LogP contribution in [0.15, 0.2) is 74.1 Å². The number of phenols is 1. The number of anilines is 1. The smallest absolute Gasteiger partial charge is 0.507 e. The molecule has 0 amide bonds. The van der Waals surface area contributed by atoms with Crippen LogP contribution in [-0.2, 0) is 32.5 Å². The minimum atomic E-state index is -4.34. The molecule has 0 radical (unpaired) electrons. The normalized spacial score (nSPS) is 12.0. The average Bonchev–Trinajstić information content (AvgIpc) is 3.20. The fraction of sp³-hybridized carbons (Fsp3) is 0.250. The van der Waals surface area contributed by atoms with Crippen LogP contribution in [0.1, 0.15) is 26.3 Å². The van der Waals surface area contributed by atoms with E-state index in [2.05, 4.69) is 24.9 Å². The summed E-state index contributed by atoms with van der Waals surface area (Å²) in [6, 6.07) is 14.8. The zero-order valence-electron chi connectivity index (χ0n) is 20.3. The molecule has 4 rings (SSSR count). The van der Waals surface area contributed by atoms with Crippen LogP contribution in [0.25, 0.3) is 15.8 Å². The molecule has 0 bridgehead atoms. The summed E-state index contributed by atoms with van der Waals surface area (Å²) in [4.78, 5) is 9.95. The number of azo groups is 1. The molecule has 0 spiro atoms. The summed E-state index contributed by atoms with van der Waals surface area (Å²) in [6.45, 7) is 5.83. The number of para-hydroxylation sites is 2. The van der Waals surface area contributed by atoms with Gasteiger partial charge in [0.15, 0.2) is 5.58 Å². The Labute approximate surface area is 220 Å². The van der Waals surface area contributed by atoms with Crippen molar-refractivity contribution in [1.29, 1.82) is 0 Å². The number of fused-ring (bicyclic) bond motifs is 1. The second-order valence-corrected chi connectivity index (χ2v) is 10.6. The third kappa shape index (κ3) is 5.84. The van der Waals surface area contributed by atoms with E-state index in [1.54, 1.807) is 49.3 Å². The maximum absolute atomic E-state index is 13.2. The van der Waals surface area contributed by atoms with Crippen molar-refractivity contribution in [3.8, 4) is 5.75 Å². The number of hydrogen-bond donors (Lipinski definition) is 1. The van der Waals surface area contributed by atoms with Gasteiger partial charge in [0.05, 0.1) is 5.69 Å². The first-order chi connectivity index (χ1) is 16.4. The molecule has 2 aromatic carbocycles. The molecule has 0 aliphatic heterocycles. The molecule has 0 atom stereocenters. The number of pyridine rings is 1. The number of hydrogen-bond acceptors (Lipinski definition) is 9. The van der Waals surface area contributed by atoms with Crippen LogP contribution in [0.4, 0.5) is 23.3 Å². The van der Waals surface area contributed by atoms with Gasteiger partial charge in [-0.2, -0.15) is 4.98 Å². The van der Waals surface area contributed by atoms with Crippen molar-refractivity contribution in [3.63, 3.8) is 0 Å². The molecule has 0 saturated carbocycles. The van der Waals surface area contributed by atoms with E-state index in [9.17, 15) is 13.5 Å². The molecule has 10 nitrogen and oxygen atoms in total. The van der Waals surface area contributed by atoms with Crippen LogP contribution in [0.2, 0.25) is 0 Å². The van der Waals surface area contributed by atoms with Gasteiger partial charge in [-0.3, -0.25) is 0 Å². The number of rotatable bonds is 6. The fourth-order valence-electron chi connectivity index (χ4n) is 3.18. The van der Waals surface area contributed by atoms with Crippen LogP contribution >= 0.6 is 0 Å². The second kappa shape index (κ2) is 10.3. The predicted molar refractivity (Wildman–Crippen MR) is 134 cm³/mol. The summed E-state index contributed by atoms with van der Waals surface area (Å²) in [5.41, 5.74) is 1.65. The van der Waals surface area contributed by atoms with Crippen LogP contribution in [0.3, 0.4) is 0 Å². The van der Waals surface area contributed by atoms with Crippen molar-refractivity contribution in [1.82, 2.24) is 9.97 Å². The van der Waals surface area contributed by atoms with Crippen LogP contribution in [-0.4, -0.2) is 37.6 Å². The van der Waals surface area contributed by atoms with Gasteiger partial charge in [0.2, 0.25) is 10.0 Å². The Kier molecular flexibility index (Phi) is 7.73. The largest absolute Gasteiger partial charge is 1.00 e. The summed E-state index contributed by atoms with van der Waals surface area (Å²) in [5.74, 6) is -0.121. The predicted octanol–water partition coefficient (Wildman–Crippen LogP) is 6.10. The topological polar surface area (TPSA) is 135 Å². The van der Waals surface area contributed by atoms with Crippen molar-refractivity contribution in [2.45, 2.75) is 31.1 Å². The monoisotopic (exact) mass is 556 g/mol. The summed E-state index contributed by atoms with van der Waals surface area (Å²) in [5, 5.41) is 18.4. The molecule has 0 aliphatic carbocycles. The Morgan fingerprint density at radius 2 is 1.72 bits per heavy atom. The molecular formula is C24H25CuN6O4S. The van der Waals surface area contributed by atoms with E-state index in [0.717, 1.165) is 5.56 Å². The zero-order chi connectivity index (χ0) is 25.4. The Morgan fingerprint density at radius 1 is 1.00 bits per heavy atom. The quantitative estimate of drug-likeness (QED) is 0.224. The number of aromatic hydroxyl groups is 1. The number of oxazole rings is 1. The molecule has 0 aliphatic rings. The molecule has 192 valence electrons. The zero-order valence-corrected chi connectivity index (χ0v) is 22.0. The van der Waals surface area contributed by atoms with E-state index in [4.69, 9.17) is 4.42 Å². The first-order valence-corrected chi connectivity index (χ1v) is 12.2. The Bertz CT molecular complexity index is 1490. The SMILES string of the molecule is CN(C)c1ccc(N=Nc2nc3ccccc3o2)c([N-]S(=O)(=O)c2cc(C(C)(C)C)ccc2O)n1.[Cu+]. The van der Waals surface area contributed by atoms with E-state index in [1.807, 2.05) is 32.9 Å². The van der Waals surface area contributed by atoms with Crippen molar-refractivity contribution < 1.29 is 35.0 Å². The van der Waals surface area contributed by atoms with Gasteiger partial charge in [0, 0.05) is 19.9 Å². The van der Waals surface area contributed by atoms with Gasteiger partial charge < -0.3 is 24.1 Å². The molecule has 2 aromatic heterocycles. The standard InChI is InChI=1S/C24H25N6O4S.Cu/c1-24(2,3)15-10-12-18(31)20(14-15)35(32,33)29-22-17(11-13-21(26-22)30(4)5)27-28-23-25-16-8-6-7-9-19(16)34-23;/h6-14H,1-5H3,(H-,25,26,28,29,31);/q-1;+1. The summed E-state index contributed by atoms with van der Waals surface area (Å²) >= 11 is 0. The summed E-state index contributed by atoms with van der Waals surface area (Å²) < 4.78 is 35.9. The van der Waals surface area contributed by atoms with Gasteiger partial charge in [0.25, 0.3) is 0 Å². The maximum atomic E-state index is 13.2. The van der Waals surface area contributed by atoms with E-state index in [-0.39, 0.29) is 44.9 Å². The van der Waals surface area contributed by atoms with Crippen molar-refractivity contribution in [2.24, 2.45) is 10.2 Å². The van der Waals surface area contributed by atoms with Gasteiger partial charge in [-0.1, -0.05) is 44.1 Å². The van der Waals surface area contributed by atoms with Gasteiger partial charge in [-0.05, 0) is 53.2 Å². The van der Waals surface area contributed by atoms with E-state index in [1.165, 1.54) is 12.1 Å². The molecule has 1 N–H and O–H groups in total. The van der Waals surface area contributed by atoms with Crippen LogP contribution in [0, 0.1) is 0 Å². The van der Waals surface area contributed by atoms with Gasteiger partial charge in [-0.25, -0.2) is 8.42 Å². The van der Waals surface area contributed by atoms with Crippen molar-refractivity contribution >= 4 is 44.5 Å². The first-order valence-electron chi connectivity index (χ1n) is 10.7. The van der Waals surface area contributed by atoms with E-state index < -0.39 is 15.8 Å². The minimum absolute atomic E-state index is 0. The van der Waals surface area contributed by atoms with Crippen LogP contribution < -0.4 is 4.90 Å². The Hall–Kier alpha value is -3.47. The minimum Gasteiger partial charge on any atom is -0.507 e. The van der Waals surface area contributed by atoms with Gasteiger partial charge in [-0.15, -0.1) is 5.11 Å². The Balaban J connectivity index is 0.00000361. The molecular weight excluding hydrogens is 532 g/mol. The first kappa shape index (κ1) is 27.1. The second-order valence-electron chi connectivity index (χ2n) is 9.07. The number of phenolic OH excluding ortho intramolecular Hbond substituents is 1. The molecule has 0 fully saturated rings.